The number of carbonyl (C=O) groups is 2. The lowest BCUT2D eigenvalue weighted by Gasteiger charge is -2.11. The lowest BCUT2D eigenvalue weighted by Crippen LogP contribution is -2.18. The van der Waals surface area contributed by atoms with E-state index in [0.29, 0.717) is 26.9 Å². The van der Waals surface area contributed by atoms with Crippen LogP contribution >= 0.6 is 31.9 Å². The summed E-state index contributed by atoms with van der Waals surface area (Å²) in [5.74, 6) is -0.600. The largest absolute Gasteiger partial charge is 0.421 e. The molecule has 3 rings (SSSR count). The fourth-order valence-corrected chi connectivity index (χ4v) is 3.87. The first kappa shape index (κ1) is 21.9. The number of hydrogen-bond donors (Lipinski definition) is 1. The van der Waals surface area contributed by atoms with Gasteiger partial charge in [0.15, 0.2) is 5.75 Å². The molecule has 1 N–H and O–H groups in total. The van der Waals surface area contributed by atoms with Gasteiger partial charge in [0.1, 0.15) is 0 Å². The average Bonchev–Trinajstić information content (AvgIpc) is 2.70. The summed E-state index contributed by atoms with van der Waals surface area (Å²) in [6, 6.07) is 14.0. The number of aryl methyl sites for hydroxylation is 2. The first-order valence-corrected chi connectivity index (χ1v) is 10.5. The monoisotopic (exact) mass is 529 g/mol. The number of carbonyl (C=O) groups excluding carboxylic acids is 2. The highest BCUT2D eigenvalue weighted by molar-refractivity contribution is 9.11. The standard InChI is InChI=1S/C22H17Br2N3O3/c1-13-4-3-5-15(8-13)22(29)30-20-17(9-18(23)10-19(20)24)12-26-27-21(28)16-7-6-14(2)25-11-16/h3-12H,1-2H3,(H,27,28)/b26-12+. The first-order valence-electron chi connectivity index (χ1n) is 8.87. The number of aromatic nitrogens is 1. The molecule has 152 valence electrons. The Labute approximate surface area is 190 Å². The minimum Gasteiger partial charge on any atom is -0.421 e. The Kier molecular flexibility index (Phi) is 7.12. The number of ether oxygens (including phenoxy) is 1. The average molecular weight is 531 g/mol. The molecule has 1 amide bonds. The van der Waals surface area contributed by atoms with Crippen molar-refractivity contribution in [2.45, 2.75) is 13.8 Å². The smallest absolute Gasteiger partial charge is 0.343 e. The van der Waals surface area contributed by atoms with Gasteiger partial charge in [-0.2, -0.15) is 5.10 Å². The molecular formula is C22H17Br2N3O3. The molecule has 0 saturated heterocycles. The van der Waals surface area contributed by atoms with E-state index in [1.54, 1.807) is 42.5 Å². The van der Waals surface area contributed by atoms with Crippen LogP contribution in [0.4, 0.5) is 0 Å². The maximum Gasteiger partial charge on any atom is 0.343 e. The molecule has 8 heteroatoms. The summed E-state index contributed by atoms with van der Waals surface area (Å²) < 4.78 is 6.92. The van der Waals surface area contributed by atoms with Crippen molar-refractivity contribution in [2.24, 2.45) is 5.10 Å². The van der Waals surface area contributed by atoms with E-state index < -0.39 is 11.9 Å². The van der Waals surface area contributed by atoms with Crippen molar-refractivity contribution in [1.29, 1.82) is 0 Å². The van der Waals surface area contributed by atoms with Crippen molar-refractivity contribution in [1.82, 2.24) is 10.4 Å². The zero-order chi connectivity index (χ0) is 21.7. The maximum atomic E-state index is 12.6. The van der Waals surface area contributed by atoms with Gasteiger partial charge in [0.2, 0.25) is 0 Å². The zero-order valence-electron chi connectivity index (χ0n) is 16.1. The van der Waals surface area contributed by atoms with Crippen LogP contribution in [0.3, 0.4) is 0 Å². The van der Waals surface area contributed by atoms with Gasteiger partial charge in [0, 0.05) is 21.9 Å². The minimum absolute atomic E-state index is 0.291. The molecule has 0 aliphatic carbocycles. The summed E-state index contributed by atoms with van der Waals surface area (Å²) in [7, 11) is 0. The number of rotatable bonds is 5. The molecule has 0 fully saturated rings. The molecule has 0 unspecified atom stereocenters. The van der Waals surface area contributed by atoms with Crippen molar-refractivity contribution in [3.05, 3.63) is 91.6 Å². The molecule has 30 heavy (non-hydrogen) atoms. The highest BCUT2D eigenvalue weighted by Crippen LogP contribution is 2.32. The third-order valence-corrected chi connectivity index (χ3v) is 5.08. The Morgan fingerprint density at radius 2 is 1.87 bits per heavy atom. The lowest BCUT2D eigenvalue weighted by molar-refractivity contribution is 0.0732. The second kappa shape index (κ2) is 9.77. The molecule has 0 aliphatic rings. The van der Waals surface area contributed by atoms with E-state index in [1.807, 2.05) is 19.9 Å². The van der Waals surface area contributed by atoms with Gasteiger partial charge in [-0.15, -0.1) is 0 Å². The second-order valence-electron chi connectivity index (χ2n) is 6.45. The van der Waals surface area contributed by atoms with E-state index in [0.717, 1.165) is 15.7 Å². The highest BCUT2D eigenvalue weighted by atomic mass is 79.9. The topological polar surface area (TPSA) is 80.6 Å². The summed E-state index contributed by atoms with van der Waals surface area (Å²) in [6.45, 7) is 3.74. The number of nitrogens with one attached hydrogen (secondary N) is 1. The summed E-state index contributed by atoms with van der Waals surface area (Å²) >= 11 is 6.82. The number of nitrogens with zero attached hydrogens (tertiary/aromatic N) is 2. The Bertz CT molecular complexity index is 1130. The molecular weight excluding hydrogens is 514 g/mol. The molecule has 0 saturated carbocycles. The molecule has 3 aromatic rings. The van der Waals surface area contributed by atoms with E-state index in [-0.39, 0.29) is 0 Å². The minimum atomic E-state index is -0.494. The molecule has 0 spiro atoms. The SMILES string of the molecule is Cc1cccc(C(=O)Oc2c(Br)cc(Br)cc2/C=N/NC(=O)c2ccc(C)nc2)c1. The van der Waals surface area contributed by atoms with Gasteiger partial charge >= 0.3 is 5.97 Å². The molecule has 0 atom stereocenters. The summed E-state index contributed by atoms with van der Waals surface area (Å²) in [4.78, 5) is 28.9. The van der Waals surface area contributed by atoms with Crippen molar-refractivity contribution in [3.8, 4) is 5.75 Å². The van der Waals surface area contributed by atoms with Crippen LogP contribution in [0.25, 0.3) is 0 Å². The number of halogens is 2. The van der Waals surface area contributed by atoms with Gasteiger partial charge < -0.3 is 4.74 Å². The predicted molar refractivity (Wildman–Crippen MR) is 122 cm³/mol. The zero-order valence-corrected chi connectivity index (χ0v) is 19.3. The Hall–Kier alpha value is -2.84. The normalized spacial score (nSPS) is 10.8. The number of benzene rings is 2. The summed E-state index contributed by atoms with van der Waals surface area (Å²) in [5, 5.41) is 3.99. The van der Waals surface area contributed by atoms with Gasteiger partial charge in [-0.1, -0.05) is 33.6 Å². The van der Waals surface area contributed by atoms with Gasteiger partial charge in [-0.05, 0) is 66.2 Å². The molecule has 6 nitrogen and oxygen atoms in total. The van der Waals surface area contributed by atoms with E-state index in [4.69, 9.17) is 4.74 Å². The van der Waals surface area contributed by atoms with Crippen LogP contribution in [0, 0.1) is 13.8 Å². The number of hydrazone groups is 1. The Balaban J connectivity index is 1.80. The fraction of sp³-hybridized carbons (Fsp3) is 0.0909. The van der Waals surface area contributed by atoms with Crippen LogP contribution in [0.5, 0.6) is 5.75 Å². The number of hydrogen-bond acceptors (Lipinski definition) is 5. The van der Waals surface area contributed by atoms with Gasteiger partial charge in [-0.3, -0.25) is 9.78 Å². The van der Waals surface area contributed by atoms with Crippen LogP contribution in [-0.4, -0.2) is 23.1 Å². The van der Waals surface area contributed by atoms with Crippen LogP contribution in [0.2, 0.25) is 0 Å². The van der Waals surface area contributed by atoms with Crippen molar-refractivity contribution in [3.63, 3.8) is 0 Å². The van der Waals surface area contributed by atoms with Crippen LogP contribution in [0.1, 0.15) is 37.5 Å². The van der Waals surface area contributed by atoms with Crippen molar-refractivity contribution < 1.29 is 14.3 Å². The lowest BCUT2D eigenvalue weighted by atomic mass is 10.1. The first-order chi connectivity index (χ1) is 14.3. The van der Waals surface area contributed by atoms with E-state index >= 15 is 0 Å². The maximum absolute atomic E-state index is 12.6. The summed E-state index contributed by atoms with van der Waals surface area (Å²) in [6.07, 6.45) is 2.89. The van der Waals surface area contributed by atoms with E-state index in [1.165, 1.54) is 12.4 Å². The van der Waals surface area contributed by atoms with Crippen LogP contribution < -0.4 is 10.2 Å². The van der Waals surface area contributed by atoms with Gasteiger partial charge in [0.05, 0.1) is 21.8 Å². The van der Waals surface area contributed by atoms with Crippen molar-refractivity contribution in [2.75, 3.05) is 0 Å². The van der Waals surface area contributed by atoms with Crippen molar-refractivity contribution >= 4 is 50.0 Å². The van der Waals surface area contributed by atoms with Crippen LogP contribution in [0.15, 0.2) is 68.8 Å². The molecule has 2 aromatic carbocycles. The van der Waals surface area contributed by atoms with Gasteiger partial charge in [-0.25, -0.2) is 10.2 Å². The Morgan fingerprint density at radius 3 is 2.57 bits per heavy atom. The predicted octanol–water partition coefficient (Wildman–Crippen LogP) is 5.21. The molecule has 0 aliphatic heterocycles. The fourth-order valence-electron chi connectivity index (χ4n) is 2.53. The third kappa shape index (κ3) is 5.61. The van der Waals surface area contributed by atoms with Gasteiger partial charge in [0.25, 0.3) is 5.91 Å². The molecule has 0 radical (unpaired) electrons. The Morgan fingerprint density at radius 1 is 1.07 bits per heavy atom. The highest BCUT2D eigenvalue weighted by Gasteiger charge is 2.15. The molecule has 0 bridgehead atoms. The number of pyridine rings is 1. The van der Waals surface area contributed by atoms with E-state index in [2.05, 4.69) is 47.4 Å². The molecule has 1 heterocycles. The third-order valence-electron chi connectivity index (χ3n) is 4.03. The van der Waals surface area contributed by atoms with E-state index in [9.17, 15) is 9.59 Å². The quantitative estimate of drug-likeness (QED) is 0.212. The van der Waals surface area contributed by atoms with Crippen LogP contribution in [-0.2, 0) is 0 Å². The second-order valence-corrected chi connectivity index (χ2v) is 8.22. The molecule has 1 aromatic heterocycles. The number of amides is 1. The summed E-state index contributed by atoms with van der Waals surface area (Å²) in [5.41, 5.74) is 5.54. The number of esters is 1.